The van der Waals surface area contributed by atoms with Gasteiger partial charge in [-0.25, -0.2) is 0 Å². The van der Waals surface area contributed by atoms with Crippen molar-refractivity contribution in [1.29, 1.82) is 5.26 Å². The van der Waals surface area contributed by atoms with E-state index in [4.69, 9.17) is 10.00 Å². The van der Waals surface area contributed by atoms with E-state index in [9.17, 15) is 0 Å². The second-order valence-electron chi connectivity index (χ2n) is 2.90. The standard InChI is InChI=1S/C10H18N4O/c1-4-5-6-12-10(13-9-11)14(2)7-8-15-3/h4-5H,6-8H2,1-3H3,(H,12,13)/b5-4+. The lowest BCUT2D eigenvalue weighted by Crippen LogP contribution is -2.40. The van der Waals surface area contributed by atoms with Crippen LogP contribution in [0.15, 0.2) is 17.1 Å². The van der Waals surface area contributed by atoms with Crippen molar-refractivity contribution >= 4 is 5.96 Å². The molecular weight excluding hydrogens is 192 g/mol. The molecule has 0 saturated carbocycles. The summed E-state index contributed by atoms with van der Waals surface area (Å²) in [7, 11) is 3.50. The number of nitrogens with one attached hydrogen (secondary N) is 1. The third-order valence-corrected chi connectivity index (χ3v) is 1.76. The summed E-state index contributed by atoms with van der Waals surface area (Å²) in [6.07, 6.45) is 5.66. The predicted octanol–water partition coefficient (Wildman–Crippen LogP) is 0.567. The van der Waals surface area contributed by atoms with Crippen molar-refractivity contribution in [1.82, 2.24) is 10.2 Å². The van der Waals surface area contributed by atoms with Gasteiger partial charge in [0.1, 0.15) is 0 Å². The molecule has 5 nitrogen and oxygen atoms in total. The van der Waals surface area contributed by atoms with Crippen LogP contribution >= 0.6 is 0 Å². The first-order chi connectivity index (χ1) is 7.26. The number of ether oxygens (including phenoxy) is 1. The maximum Gasteiger partial charge on any atom is 0.209 e. The van der Waals surface area contributed by atoms with Crippen LogP contribution in [0.3, 0.4) is 0 Å². The van der Waals surface area contributed by atoms with Crippen LogP contribution in [0.5, 0.6) is 0 Å². The molecule has 0 fully saturated rings. The number of likely N-dealkylation sites (N-methyl/N-ethyl adjacent to an activating group) is 1. The van der Waals surface area contributed by atoms with E-state index in [2.05, 4.69) is 10.3 Å². The average molecular weight is 210 g/mol. The van der Waals surface area contributed by atoms with Crippen LogP contribution in [0.1, 0.15) is 6.92 Å². The van der Waals surface area contributed by atoms with E-state index in [1.165, 1.54) is 0 Å². The smallest absolute Gasteiger partial charge is 0.209 e. The Labute approximate surface area is 91.0 Å². The van der Waals surface area contributed by atoms with Crippen molar-refractivity contribution in [3.63, 3.8) is 0 Å². The van der Waals surface area contributed by atoms with E-state index < -0.39 is 0 Å². The van der Waals surface area contributed by atoms with Crippen LogP contribution in [-0.2, 0) is 4.74 Å². The van der Waals surface area contributed by atoms with E-state index in [-0.39, 0.29) is 0 Å². The minimum atomic E-state index is 0.563. The molecule has 1 N–H and O–H groups in total. The quantitative estimate of drug-likeness (QED) is 0.312. The molecule has 15 heavy (non-hydrogen) atoms. The van der Waals surface area contributed by atoms with Crippen molar-refractivity contribution in [2.24, 2.45) is 4.99 Å². The molecule has 5 heteroatoms. The van der Waals surface area contributed by atoms with Gasteiger partial charge in [0, 0.05) is 27.2 Å². The number of hydrogen-bond acceptors (Lipinski definition) is 3. The zero-order chi connectivity index (χ0) is 11.5. The first kappa shape index (κ1) is 13.5. The van der Waals surface area contributed by atoms with Crippen molar-refractivity contribution in [2.75, 3.05) is 33.9 Å². The minimum Gasteiger partial charge on any atom is -0.383 e. The Morgan fingerprint density at radius 3 is 2.93 bits per heavy atom. The van der Waals surface area contributed by atoms with Crippen LogP contribution in [0, 0.1) is 11.5 Å². The highest BCUT2D eigenvalue weighted by Gasteiger charge is 2.04. The Hall–Kier alpha value is -1.54. The summed E-state index contributed by atoms with van der Waals surface area (Å²) in [5, 5.41) is 11.6. The first-order valence-corrected chi connectivity index (χ1v) is 4.78. The maximum atomic E-state index is 8.51. The van der Waals surface area contributed by atoms with Gasteiger partial charge in [0.15, 0.2) is 0 Å². The second kappa shape index (κ2) is 9.03. The molecule has 84 valence electrons. The van der Waals surface area contributed by atoms with Gasteiger partial charge in [-0.1, -0.05) is 12.2 Å². The molecule has 0 aliphatic heterocycles. The molecule has 0 spiro atoms. The largest absolute Gasteiger partial charge is 0.383 e. The van der Waals surface area contributed by atoms with Gasteiger partial charge in [0.2, 0.25) is 12.2 Å². The molecule has 0 rings (SSSR count). The molecule has 0 aliphatic rings. The van der Waals surface area contributed by atoms with Gasteiger partial charge in [-0.3, -0.25) is 0 Å². The summed E-state index contributed by atoms with van der Waals surface area (Å²) in [5.74, 6) is 0.563. The number of rotatable bonds is 5. The zero-order valence-electron chi connectivity index (χ0n) is 9.53. The van der Waals surface area contributed by atoms with Crippen molar-refractivity contribution in [3.8, 4) is 6.19 Å². The van der Waals surface area contributed by atoms with Crippen molar-refractivity contribution < 1.29 is 4.74 Å². The number of nitrogens with zero attached hydrogens (tertiary/aromatic N) is 3. The molecule has 0 heterocycles. The Morgan fingerprint density at radius 2 is 2.40 bits per heavy atom. The highest BCUT2D eigenvalue weighted by Crippen LogP contribution is 1.86. The Bertz CT molecular complexity index is 255. The number of allylic oxidation sites excluding steroid dienone is 1. The van der Waals surface area contributed by atoms with Crippen LogP contribution in [0.25, 0.3) is 0 Å². The minimum absolute atomic E-state index is 0.563. The fourth-order valence-electron chi connectivity index (χ4n) is 0.909. The molecular formula is C10H18N4O. The van der Waals surface area contributed by atoms with E-state index in [0.717, 1.165) is 0 Å². The van der Waals surface area contributed by atoms with Gasteiger partial charge in [0.25, 0.3) is 0 Å². The molecule has 0 bridgehead atoms. The van der Waals surface area contributed by atoms with E-state index in [1.807, 2.05) is 31.0 Å². The molecule has 0 radical (unpaired) electrons. The summed E-state index contributed by atoms with van der Waals surface area (Å²) in [6, 6.07) is 0. The lowest BCUT2D eigenvalue weighted by atomic mass is 10.5. The number of hydrogen-bond donors (Lipinski definition) is 1. The molecule has 0 amide bonds. The summed E-state index contributed by atoms with van der Waals surface area (Å²) >= 11 is 0. The molecule has 0 saturated heterocycles. The molecule has 0 aliphatic carbocycles. The highest BCUT2D eigenvalue weighted by atomic mass is 16.5. The average Bonchev–Trinajstić information content (AvgIpc) is 2.25. The summed E-state index contributed by atoms with van der Waals surface area (Å²) in [4.78, 5) is 5.54. The van der Waals surface area contributed by atoms with Gasteiger partial charge in [0.05, 0.1) is 6.61 Å². The zero-order valence-corrected chi connectivity index (χ0v) is 9.53. The topological polar surface area (TPSA) is 60.7 Å². The van der Waals surface area contributed by atoms with E-state index in [1.54, 1.807) is 13.3 Å². The highest BCUT2D eigenvalue weighted by molar-refractivity contribution is 5.80. The maximum absolute atomic E-state index is 8.51. The van der Waals surface area contributed by atoms with Gasteiger partial charge in [-0.15, -0.1) is 4.99 Å². The molecule has 0 aromatic carbocycles. The Morgan fingerprint density at radius 1 is 1.67 bits per heavy atom. The lowest BCUT2D eigenvalue weighted by Gasteiger charge is -2.20. The van der Waals surface area contributed by atoms with Gasteiger partial charge in [-0.2, -0.15) is 5.26 Å². The number of guanidine groups is 1. The molecule has 0 atom stereocenters. The van der Waals surface area contributed by atoms with E-state index in [0.29, 0.717) is 25.7 Å². The van der Waals surface area contributed by atoms with Gasteiger partial charge < -0.3 is 15.0 Å². The fourth-order valence-corrected chi connectivity index (χ4v) is 0.909. The van der Waals surface area contributed by atoms with E-state index >= 15 is 0 Å². The number of methoxy groups -OCH3 is 1. The lowest BCUT2D eigenvalue weighted by molar-refractivity contribution is 0.182. The molecule has 0 aromatic rings. The second-order valence-corrected chi connectivity index (χ2v) is 2.90. The summed E-state index contributed by atoms with van der Waals surface area (Å²) in [6.45, 7) is 3.90. The normalized spacial score (nSPS) is 11.5. The monoisotopic (exact) mass is 210 g/mol. The van der Waals surface area contributed by atoms with Crippen LogP contribution in [0.4, 0.5) is 0 Å². The van der Waals surface area contributed by atoms with Crippen molar-refractivity contribution in [3.05, 3.63) is 12.2 Å². The SMILES string of the molecule is C/C=C/CN/C(=N\C#N)N(C)CCOC. The van der Waals surface area contributed by atoms with Crippen LogP contribution in [-0.4, -0.2) is 44.7 Å². The third kappa shape index (κ3) is 6.52. The van der Waals surface area contributed by atoms with Crippen LogP contribution < -0.4 is 5.32 Å². The number of nitriles is 1. The third-order valence-electron chi connectivity index (χ3n) is 1.76. The number of aliphatic imine (C=N–C) groups is 1. The Kier molecular flexibility index (Phi) is 8.10. The summed E-state index contributed by atoms with van der Waals surface area (Å²) < 4.78 is 4.95. The van der Waals surface area contributed by atoms with Gasteiger partial charge in [-0.05, 0) is 6.92 Å². The van der Waals surface area contributed by atoms with Crippen LogP contribution in [0.2, 0.25) is 0 Å². The predicted molar refractivity (Wildman–Crippen MR) is 60.4 cm³/mol. The fraction of sp³-hybridized carbons (Fsp3) is 0.600. The van der Waals surface area contributed by atoms with Crippen molar-refractivity contribution in [2.45, 2.75) is 6.92 Å². The van der Waals surface area contributed by atoms with Gasteiger partial charge >= 0.3 is 0 Å². The Balaban J connectivity index is 4.14. The molecule has 0 aromatic heterocycles. The molecule has 0 unspecified atom stereocenters. The summed E-state index contributed by atoms with van der Waals surface area (Å²) in [5.41, 5.74) is 0. The first-order valence-electron chi connectivity index (χ1n) is 4.78.